The first-order valence-corrected chi connectivity index (χ1v) is 7.57. The number of pyridine rings is 1. The van der Waals surface area contributed by atoms with Crippen LogP contribution in [0.15, 0.2) is 30.5 Å². The molecule has 2 aliphatic rings. The maximum absolute atomic E-state index is 9.11. The lowest BCUT2D eigenvalue weighted by molar-refractivity contribution is 0.246. The van der Waals surface area contributed by atoms with Crippen molar-refractivity contribution in [3.63, 3.8) is 0 Å². The molecule has 0 saturated carbocycles. The molecular formula is C16H23N3O. The zero-order valence-corrected chi connectivity index (χ0v) is 11.8. The molecule has 0 amide bonds. The minimum Gasteiger partial charge on any atom is -0.396 e. The van der Waals surface area contributed by atoms with E-state index in [9.17, 15) is 0 Å². The molecule has 2 atom stereocenters. The van der Waals surface area contributed by atoms with E-state index in [1.54, 1.807) is 0 Å². The van der Waals surface area contributed by atoms with Gasteiger partial charge in [-0.3, -0.25) is 0 Å². The van der Waals surface area contributed by atoms with Crippen molar-refractivity contribution >= 4 is 5.82 Å². The van der Waals surface area contributed by atoms with Crippen LogP contribution in [0.5, 0.6) is 0 Å². The molecule has 2 N–H and O–H groups in total. The van der Waals surface area contributed by atoms with Crippen LogP contribution in [0.25, 0.3) is 0 Å². The number of aliphatic hydroxyl groups is 1. The summed E-state index contributed by atoms with van der Waals surface area (Å²) in [6, 6.07) is 4.67. The summed E-state index contributed by atoms with van der Waals surface area (Å²) in [6.45, 7) is 3.36. The molecule has 0 bridgehead atoms. The molecule has 1 aliphatic heterocycles. The molecule has 3 rings (SSSR count). The third-order valence-corrected chi connectivity index (χ3v) is 4.21. The predicted octanol–water partition coefficient (Wildman–Crippen LogP) is 1.71. The van der Waals surface area contributed by atoms with Crippen LogP contribution < -0.4 is 10.2 Å². The Balaban J connectivity index is 1.50. The lowest BCUT2D eigenvalue weighted by atomic mass is 10.1. The maximum atomic E-state index is 9.11. The van der Waals surface area contributed by atoms with E-state index < -0.39 is 0 Å². The van der Waals surface area contributed by atoms with Gasteiger partial charge in [0.15, 0.2) is 0 Å². The number of nitrogens with zero attached hydrogens (tertiary/aromatic N) is 2. The van der Waals surface area contributed by atoms with E-state index >= 15 is 0 Å². The van der Waals surface area contributed by atoms with Gasteiger partial charge in [0.25, 0.3) is 0 Å². The van der Waals surface area contributed by atoms with Gasteiger partial charge in [0.05, 0.1) is 0 Å². The first-order chi connectivity index (χ1) is 9.85. The van der Waals surface area contributed by atoms with Crippen molar-refractivity contribution in [3.8, 4) is 0 Å². The van der Waals surface area contributed by atoms with Gasteiger partial charge in [-0.1, -0.05) is 18.2 Å². The van der Waals surface area contributed by atoms with Gasteiger partial charge in [-0.15, -0.1) is 0 Å². The first kappa shape index (κ1) is 13.6. The second kappa shape index (κ2) is 6.37. The third-order valence-electron chi connectivity index (χ3n) is 4.21. The van der Waals surface area contributed by atoms with Crippen LogP contribution in [0.4, 0.5) is 5.82 Å². The Labute approximate surface area is 120 Å². The Hall–Kier alpha value is -1.39. The molecule has 4 nitrogen and oxygen atoms in total. The minimum absolute atomic E-state index is 0.251. The van der Waals surface area contributed by atoms with E-state index in [0.29, 0.717) is 12.0 Å². The Morgan fingerprint density at radius 1 is 1.25 bits per heavy atom. The lowest BCUT2D eigenvalue weighted by Crippen LogP contribution is -2.26. The molecule has 20 heavy (non-hydrogen) atoms. The van der Waals surface area contributed by atoms with Crippen molar-refractivity contribution in [2.45, 2.75) is 31.8 Å². The van der Waals surface area contributed by atoms with Crippen LogP contribution in [0, 0.1) is 5.92 Å². The summed E-state index contributed by atoms with van der Waals surface area (Å²) in [7, 11) is 0. The molecule has 0 unspecified atom stereocenters. The van der Waals surface area contributed by atoms with Crippen LogP contribution in [0.3, 0.4) is 0 Å². The molecule has 2 heterocycles. The zero-order valence-electron chi connectivity index (χ0n) is 11.8. The summed E-state index contributed by atoms with van der Waals surface area (Å²) in [4.78, 5) is 6.91. The van der Waals surface area contributed by atoms with Crippen molar-refractivity contribution in [2.24, 2.45) is 5.92 Å². The smallest absolute Gasteiger partial charge is 0.128 e. The first-order valence-electron chi connectivity index (χ1n) is 7.57. The highest BCUT2D eigenvalue weighted by molar-refractivity contribution is 5.40. The Morgan fingerprint density at radius 2 is 2.10 bits per heavy atom. The van der Waals surface area contributed by atoms with E-state index in [-0.39, 0.29) is 6.61 Å². The maximum Gasteiger partial charge on any atom is 0.128 e. The molecule has 0 radical (unpaired) electrons. The average molecular weight is 273 g/mol. The summed E-state index contributed by atoms with van der Waals surface area (Å²) >= 11 is 0. The van der Waals surface area contributed by atoms with Crippen LogP contribution >= 0.6 is 0 Å². The molecular weight excluding hydrogens is 250 g/mol. The lowest BCUT2D eigenvalue weighted by Gasteiger charge is -2.17. The quantitative estimate of drug-likeness (QED) is 0.802. The Morgan fingerprint density at radius 3 is 2.75 bits per heavy atom. The number of anilines is 1. The monoisotopic (exact) mass is 273 g/mol. The van der Waals surface area contributed by atoms with E-state index in [4.69, 9.17) is 5.11 Å². The largest absolute Gasteiger partial charge is 0.396 e. The molecule has 1 saturated heterocycles. The molecule has 1 aliphatic carbocycles. The number of rotatable bonds is 5. The van der Waals surface area contributed by atoms with Gasteiger partial charge in [-0.25, -0.2) is 4.98 Å². The van der Waals surface area contributed by atoms with Crippen LogP contribution in [0.1, 0.15) is 24.8 Å². The third kappa shape index (κ3) is 3.19. The zero-order chi connectivity index (χ0) is 13.8. The van der Waals surface area contributed by atoms with Gasteiger partial charge >= 0.3 is 0 Å². The predicted molar refractivity (Wildman–Crippen MR) is 80.6 cm³/mol. The van der Waals surface area contributed by atoms with Gasteiger partial charge in [0.1, 0.15) is 5.82 Å². The van der Waals surface area contributed by atoms with Crippen molar-refractivity contribution < 1.29 is 5.11 Å². The van der Waals surface area contributed by atoms with Gasteiger partial charge in [0, 0.05) is 44.4 Å². The van der Waals surface area contributed by atoms with Crippen LogP contribution in [0.2, 0.25) is 0 Å². The number of hydrogen-bond acceptors (Lipinski definition) is 4. The van der Waals surface area contributed by atoms with Crippen molar-refractivity contribution in [1.29, 1.82) is 0 Å². The van der Waals surface area contributed by atoms with Gasteiger partial charge in [-0.2, -0.15) is 0 Å². The Bertz CT molecular complexity index is 451. The van der Waals surface area contributed by atoms with Crippen LogP contribution in [-0.2, 0) is 6.54 Å². The summed E-state index contributed by atoms with van der Waals surface area (Å²) < 4.78 is 0. The molecule has 108 valence electrons. The fourth-order valence-corrected chi connectivity index (χ4v) is 2.96. The summed E-state index contributed by atoms with van der Waals surface area (Å²) in [5.41, 5.74) is 1.22. The molecule has 1 fully saturated rings. The Kier molecular flexibility index (Phi) is 4.33. The normalized spacial score (nSPS) is 25.6. The highest BCUT2D eigenvalue weighted by atomic mass is 16.3. The highest BCUT2D eigenvalue weighted by Gasteiger charge is 2.17. The molecule has 0 spiro atoms. The second-order valence-electron chi connectivity index (χ2n) is 5.77. The van der Waals surface area contributed by atoms with Gasteiger partial charge in [0.2, 0.25) is 0 Å². The van der Waals surface area contributed by atoms with E-state index in [0.717, 1.165) is 31.9 Å². The standard InChI is InChI=1S/C16H23N3O/c20-12-13-3-5-15(9-13)17-10-14-4-6-16(18-11-14)19-7-1-2-8-19/h3-6,11,13,15,17,20H,1-2,7-10,12H2/t13-,15+/m0/s1. The average Bonchev–Trinajstić information content (AvgIpc) is 3.17. The van der Waals surface area contributed by atoms with E-state index in [1.807, 2.05) is 6.20 Å². The number of aromatic nitrogens is 1. The van der Waals surface area contributed by atoms with E-state index in [2.05, 4.69) is 39.5 Å². The highest BCUT2D eigenvalue weighted by Crippen LogP contribution is 2.19. The number of nitrogens with one attached hydrogen (secondary N) is 1. The molecule has 4 heteroatoms. The fourth-order valence-electron chi connectivity index (χ4n) is 2.96. The SMILES string of the molecule is OC[C@H]1C=C[C@@H](NCc2ccc(N3CCCC3)nc2)C1. The van der Waals surface area contributed by atoms with Gasteiger partial charge < -0.3 is 15.3 Å². The van der Waals surface area contributed by atoms with Crippen molar-refractivity contribution in [3.05, 3.63) is 36.0 Å². The van der Waals surface area contributed by atoms with E-state index in [1.165, 1.54) is 18.4 Å². The molecule has 1 aromatic rings. The summed E-state index contributed by atoms with van der Waals surface area (Å²) in [5.74, 6) is 1.43. The fraction of sp³-hybridized carbons (Fsp3) is 0.562. The topological polar surface area (TPSA) is 48.4 Å². The van der Waals surface area contributed by atoms with Crippen molar-refractivity contribution in [2.75, 3.05) is 24.6 Å². The van der Waals surface area contributed by atoms with Gasteiger partial charge in [-0.05, 0) is 30.9 Å². The number of hydrogen-bond donors (Lipinski definition) is 2. The number of aliphatic hydroxyl groups excluding tert-OH is 1. The molecule has 0 aromatic carbocycles. The molecule has 1 aromatic heterocycles. The minimum atomic E-state index is 0.251. The summed E-state index contributed by atoms with van der Waals surface area (Å²) in [6.07, 6.45) is 9.80. The van der Waals surface area contributed by atoms with Crippen molar-refractivity contribution in [1.82, 2.24) is 10.3 Å². The van der Waals surface area contributed by atoms with Crippen LogP contribution in [-0.4, -0.2) is 35.8 Å². The second-order valence-corrected chi connectivity index (χ2v) is 5.77. The summed E-state index contributed by atoms with van der Waals surface area (Å²) in [5, 5.41) is 12.6.